The van der Waals surface area contributed by atoms with E-state index in [1.807, 2.05) is 48.5 Å². The van der Waals surface area contributed by atoms with Gasteiger partial charge in [0.05, 0.1) is 4.91 Å². The Morgan fingerprint density at radius 2 is 1.60 bits per heavy atom. The molecule has 0 amide bonds. The van der Waals surface area contributed by atoms with Crippen LogP contribution in [0.2, 0.25) is 0 Å². The average molecular weight is 298 g/mol. The summed E-state index contributed by atoms with van der Waals surface area (Å²) in [5, 5.41) is 10.5. The Morgan fingerprint density at radius 3 is 2.35 bits per heavy atom. The zero-order chi connectivity index (χ0) is 13.7. The number of carbonyl (C=O) groups is 1. The fraction of sp³-hybridized carbons (Fsp3) is 0.0625. The molecular formula is C16H10O2S2. The Kier molecular flexibility index (Phi) is 2.77. The summed E-state index contributed by atoms with van der Waals surface area (Å²) in [7, 11) is 0. The number of hydrogen-bond donors (Lipinski definition) is 1. The quantitative estimate of drug-likeness (QED) is 0.745. The van der Waals surface area contributed by atoms with Crippen LogP contribution in [-0.4, -0.2) is 10.9 Å². The second kappa shape index (κ2) is 4.52. The lowest BCUT2D eigenvalue weighted by Crippen LogP contribution is -2.00. The van der Waals surface area contributed by atoms with Crippen molar-refractivity contribution < 1.29 is 9.90 Å². The van der Waals surface area contributed by atoms with E-state index in [9.17, 15) is 9.90 Å². The second-order valence-corrected chi connectivity index (χ2v) is 6.80. The molecular weight excluding hydrogens is 288 g/mol. The van der Waals surface area contributed by atoms with Crippen molar-refractivity contribution in [1.82, 2.24) is 0 Å². The number of thioether (sulfide) groups is 2. The lowest BCUT2D eigenvalue weighted by molar-refractivity contribution is 0.104. The fourth-order valence-electron chi connectivity index (χ4n) is 2.47. The second-order valence-electron chi connectivity index (χ2n) is 4.66. The van der Waals surface area contributed by atoms with Crippen LogP contribution in [0.3, 0.4) is 0 Å². The molecule has 2 aliphatic heterocycles. The Hall–Kier alpha value is -1.49. The SMILES string of the molecule is O=C1/C(=C2\Sc3ccccc3C2O)Sc2ccccc21. The summed E-state index contributed by atoms with van der Waals surface area (Å²) >= 11 is 2.97. The van der Waals surface area contributed by atoms with Crippen molar-refractivity contribution in [2.45, 2.75) is 15.9 Å². The smallest absolute Gasteiger partial charge is 0.201 e. The van der Waals surface area contributed by atoms with Crippen LogP contribution < -0.4 is 0 Å². The van der Waals surface area contributed by atoms with Crippen LogP contribution in [0.25, 0.3) is 0 Å². The molecule has 0 saturated carbocycles. The number of benzene rings is 2. The molecule has 20 heavy (non-hydrogen) atoms. The van der Waals surface area contributed by atoms with Crippen molar-refractivity contribution in [3.8, 4) is 0 Å². The van der Waals surface area contributed by atoms with E-state index in [1.54, 1.807) is 0 Å². The molecule has 0 saturated heterocycles. The molecule has 0 radical (unpaired) electrons. The third-order valence-electron chi connectivity index (χ3n) is 3.46. The summed E-state index contributed by atoms with van der Waals surface area (Å²) in [6.45, 7) is 0. The van der Waals surface area contributed by atoms with Gasteiger partial charge >= 0.3 is 0 Å². The third-order valence-corrected chi connectivity index (χ3v) is 6.01. The molecule has 0 aliphatic carbocycles. The van der Waals surface area contributed by atoms with Gasteiger partial charge in [-0.25, -0.2) is 0 Å². The fourth-order valence-corrected chi connectivity index (χ4v) is 4.88. The summed E-state index contributed by atoms with van der Waals surface area (Å²) in [6, 6.07) is 15.4. The van der Waals surface area contributed by atoms with Gasteiger partial charge in [0.2, 0.25) is 5.78 Å². The van der Waals surface area contributed by atoms with E-state index in [2.05, 4.69) is 0 Å². The summed E-state index contributed by atoms with van der Waals surface area (Å²) in [5.74, 6) is 0.0277. The van der Waals surface area contributed by atoms with Crippen molar-refractivity contribution in [1.29, 1.82) is 0 Å². The number of fused-ring (bicyclic) bond motifs is 2. The highest BCUT2D eigenvalue weighted by atomic mass is 32.2. The lowest BCUT2D eigenvalue weighted by Gasteiger charge is -2.06. The molecule has 2 aromatic carbocycles. The standard InChI is InChI=1S/C16H10O2S2/c17-13-9-5-1-3-7-11(9)19-15(13)16-14(18)10-6-2-4-8-12(10)20-16/h1-8,13,17H/b16-15+. The Bertz CT molecular complexity index is 765. The minimum Gasteiger partial charge on any atom is -0.383 e. The number of carbonyl (C=O) groups excluding carboxylic acids is 1. The van der Waals surface area contributed by atoms with E-state index < -0.39 is 6.10 Å². The molecule has 2 nitrogen and oxygen atoms in total. The lowest BCUT2D eigenvalue weighted by atomic mass is 10.1. The summed E-state index contributed by atoms with van der Waals surface area (Å²) in [4.78, 5) is 15.9. The molecule has 2 heterocycles. The highest BCUT2D eigenvalue weighted by Gasteiger charge is 2.35. The minimum absolute atomic E-state index is 0.0277. The van der Waals surface area contributed by atoms with Gasteiger partial charge in [0.15, 0.2) is 0 Å². The predicted molar refractivity (Wildman–Crippen MR) is 80.9 cm³/mol. The van der Waals surface area contributed by atoms with Crippen molar-refractivity contribution in [2.75, 3.05) is 0 Å². The molecule has 4 rings (SSSR count). The first kappa shape index (κ1) is 12.3. The van der Waals surface area contributed by atoms with Gasteiger partial charge in [0, 0.05) is 20.3 Å². The first-order chi connectivity index (χ1) is 9.75. The predicted octanol–water partition coefficient (Wildman–Crippen LogP) is 4.03. The van der Waals surface area contributed by atoms with Crippen LogP contribution in [-0.2, 0) is 0 Å². The van der Waals surface area contributed by atoms with Gasteiger partial charge in [-0.05, 0) is 23.8 Å². The van der Waals surface area contributed by atoms with Gasteiger partial charge in [0.1, 0.15) is 6.10 Å². The van der Waals surface area contributed by atoms with Crippen LogP contribution in [0.15, 0.2) is 68.1 Å². The van der Waals surface area contributed by atoms with Crippen molar-refractivity contribution in [2.24, 2.45) is 0 Å². The normalized spacial score (nSPS) is 23.9. The zero-order valence-electron chi connectivity index (χ0n) is 10.4. The zero-order valence-corrected chi connectivity index (χ0v) is 12.0. The molecule has 0 bridgehead atoms. The van der Waals surface area contributed by atoms with E-state index in [0.29, 0.717) is 4.91 Å². The van der Waals surface area contributed by atoms with Crippen molar-refractivity contribution in [3.05, 3.63) is 69.5 Å². The molecule has 0 spiro atoms. The number of aliphatic hydroxyl groups is 1. The van der Waals surface area contributed by atoms with Crippen LogP contribution in [0, 0.1) is 0 Å². The first-order valence-electron chi connectivity index (χ1n) is 6.26. The molecule has 1 atom stereocenters. The van der Waals surface area contributed by atoms with Gasteiger partial charge in [-0.2, -0.15) is 0 Å². The molecule has 0 fully saturated rings. The Morgan fingerprint density at radius 1 is 0.900 bits per heavy atom. The summed E-state index contributed by atoms with van der Waals surface area (Å²) in [6.07, 6.45) is -0.683. The van der Waals surface area contributed by atoms with E-state index in [-0.39, 0.29) is 5.78 Å². The van der Waals surface area contributed by atoms with Gasteiger partial charge in [-0.3, -0.25) is 4.79 Å². The van der Waals surface area contributed by atoms with E-state index in [0.717, 1.165) is 25.8 Å². The number of hydrogen-bond acceptors (Lipinski definition) is 4. The number of ketones is 1. The highest BCUT2D eigenvalue weighted by Crippen LogP contribution is 2.53. The first-order valence-corrected chi connectivity index (χ1v) is 7.89. The largest absolute Gasteiger partial charge is 0.383 e. The van der Waals surface area contributed by atoms with Gasteiger partial charge in [0.25, 0.3) is 0 Å². The highest BCUT2D eigenvalue weighted by molar-refractivity contribution is 8.08. The van der Waals surface area contributed by atoms with Crippen molar-refractivity contribution >= 4 is 29.3 Å². The molecule has 2 aromatic rings. The number of aliphatic hydroxyl groups excluding tert-OH is 1. The van der Waals surface area contributed by atoms with E-state index in [1.165, 1.54) is 23.5 Å². The van der Waals surface area contributed by atoms with Crippen LogP contribution in [0.5, 0.6) is 0 Å². The maximum atomic E-state index is 12.5. The van der Waals surface area contributed by atoms with Gasteiger partial charge in [-0.15, -0.1) is 0 Å². The Labute approximate surface area is 124 Å². The van der Waals surface area contributed by atoms with Crippen LogP contribution >= 0.6 is 23.5 Å². The van der Waals surface area contributed by atoms with E-state index in [4.69, 9.17) is 0 Å². The molecule has 0 aromatic heterocycles. The third kappa shape index (κ3) is 1.69. The monoisotopic (exact) mass is 298 g/mol. The minimum atomic E-state index is -0.683. The Balaban J connectivity index is 1.82. The maximum absolute atomic E-state index is 12.5. The average Bonchev–Trinajstić information content (AvgIpc) is 2.98. The molecule has 1 unspecified atom stereocenters. The maximum Gasteiger partial charge on any atom is 0.201 e. The molecule has 4 heteroatoms. The van der Waals surface area contributed by atoms with Crippen LogP contribution in [0.1, 0.15) is 22.0 Å². The molecule has 98 valence electrons. The van der Waals surface area contributed by atoms with E-state index >= 15 is 0 Å². The number of rotatable bonds is 0. The molecule has 1 N–H and O–H groups in total. The number of Topliss-reactive ketones (excluding diaryl/α,β-unsaturated/α-hetero) is 1. The summed E-state index contributed by atoms with van der Waals surface area (Å²) < 4.78 is 0. The van der Waals surface area contributed by atoms with Gasteiger partial charge < -0.3 is 5.11 Å². The van der Waals surface area contributed by atoms with Gasteiger partial charge in [-0.1, -0.05) is 53.9 Å². The summed E-state index contributed by atoms with van der Waals surface area (Å²) in [5.41, 5.74) is 1.63. The topological polar surface area (TPSA) is 37.3 Å². The van der Waals surface area contributed by atoms with Crippen LogP contribution in [0.4, 0.5) is 0 Å². The van der Waals surface area contributed by atoms with Crippen molar-refractivity contribution in [3.63, 3.8) is 0 Å². The number of allylic oxidation sites excluding steroid dienone is 1. The molecule has 2 aliphatic rings.